The molecule has 0 bridgehead atoms. The van der Waals surface area contributed by atoms with Crippen molar-refractivity contribution in [2.24, 2.45) is 5.92 Å². The normalized spacial score (nSPS) is 17.4. The van der Waals surface area contributed by atoms with Crippen molar-refractivity contribution in [3.05, 3.63) is 60.5 Å². The van der Waals surface area contributed by atoms with E-state index in [1.807, 2.05) is 36.4 Å². The first-order valence-electron chi connectivity index (χ1n) is 10.4. The predicted octanol–water partition coefficient (Wildman–Crippen LogP) is 3.22. The Morgan fingerprint density at radius 3 is 2.80 bits per heavy atom. The van der Waals surface area contributed by atoms with E-state index in [1.165, 1.54) is 0 Å². The van der Waals surface area contributed by atoms with Gasteiger partial charge in [-0.1, -0.05) is 32.0 Å². The van der Waals surface area contributed by atoms with Crippen LogP contribution in [0.1, 0.15) is 24.3 Å². The van der Waals surface area contributed by atoms with E-state index in [0.29, 0.717) is 36.2 Å². The van der Waals surface area contributed by atoms with Crippen LogP contribution in [0, 0.1) is 5.92 Å². The van der Waals surface area contributed by atoms with Gasteiger partial charge in [-0.2, -0.15) is 5.10 Å². The second-order valence-corrected chi connectivity index (χ2v) is 8.00. The zero-order chi connectivity index (χ0) is 20.9. The molecule has 30 heavy (non-hydrogen) atoms. The van der Waals surface area contributed by atoms with Crippen LogP contribution < -0.4 is 5.32 Å². The summed E-state index contributed by atoms with van der Waals surface area (Å²) in [5, 5.41) is 7.64. The van der Waals surface area contributed by atoms with Crippen molar-refractivity contribution >= 4 is 5.91 Å². The number of hydrogen-bond donors (Lipinski definition) is 1. The predicted molar refractivity (Wildman–Crippen MR) is 115 cm³/mol. The van der Waals surface area contributed by atoms with E-state index in [-0.39, 0.29) is 12.0 Å². The van der Waals surface area contributed by atoms with Crippen molar-refractivity contribution < 1.29 is 13.9 Å². The van der Waals surface area contributed by atoms with Gasteiger partial charge < -0.3 is 14.5 Å². The lowest BCUT2D eigenvalue weighted by molar-refractivity contribution is -0.0296. The summed E-state index contributed by atoms with van der Waals surface area (Å²) in [5.74, 6) is 1.05. The molecule has 3 aromatic rings. The molecule has 1 fully saturated rings. The van der Waals surface area contributed by atoms with Crippen LogP contribution in [0.5, 0.6) is 0 Å². The molecule has 1 unspecified atom stereocenters. The van der Waals surface area contributed by atoms with Gasteiger partial charge in [0.1, 0.15) is 11.4 Å². The topological polar surface area (TPSA) is 72.5 Å². The van der Waals surface area contributed by atoms with Crippen molar-refractivity contribution in [2.75, 3.05) is 32.8 Å². The van der Waals surface area contributed by atoms with Crippen LogP contribution in [0.15, 0.2) is 59.2 Å². The number of ether oxygens (including phenoxy) is 1. The zero-order valence-corrected chi connectivity index (χ0v) is 17.5. The third-order valence-electron chi connectivity index (χ3n) is 5.05. The second kappa shape index (κ2) is 9.28. The number of furan rings is 1. The maximum absolute atomic E-state index is 13.1. The Morgan fingerprint density at radius 2 is 2.07 bits per heavy atom. The molecule has 7 heteroatoms. The molecule has 1 amide bonds. The number of amides is 1. The number of nitrogens with one attached hydrogen (secondary N) is 1. The van der Waals surface area contributed by atoms with Crippen LogP contribution in [0.25, 0.3) is 17.1 Å². The van der Waals surface area contributed by atoms with E-state index in [0.717, 1.165) is 25.3 Å². The minimum atomic E-state index is -0.186. The molecule has 0 saturated carbocycles. The number of carbonyl (C=O) groups is 1. The van der Waals surface area contributed by atoms with Gasteiger partial charge in [-0.15, -0.1) is 0 Å². The Bertz CT molecular complexity index is 950. The van der Waals surface area contributed by atoms with E-state index in [2.05, 4.69) is 29.2 Å². The smallest absolute Gasteiger partial charge is 0.270 e. The minimum absolute atomic E-state index is 0.0147. The van der Waals surface area contributed by atoms with Crippen molar-refractivity contribution in [3.8, 4) is 17.1 Å². The molecular weight excluding hydrogens is 380 g/mol. The van der Waals surface area contributed by atoms with Crippen molar-refractivity contribution in [2.45, 2.75) is 20.0 Å². The monoisotopic (exact) mass is 408 g/mol. The van der Waals surface area contributed by atoms with Crippen molar-refractivity contribution in [1.29, 1.82) is 0 Å². The van der Waals surface area contributed by atoms with E-state index in [9.17, 15) is 4.79 Å². The lowest BCUT2D eigenvalue weighted by Crippen LogP contribution is -2.48. The first-order valence-corrected chi connectivity index (χ1v) is 10.4. The average molecular weight is 409 g/mol. The SMILES string of the molecule is CC(C)CN1CCOC(CNC(=O)c2cc(-c3ccco3)nn2-c2ccccc2)C1. The fourth-order valence-electron chi connectivity index (χ4n) is 3.74. The number of morpholine rings is 1. The summed E-state index contributed by atoms with van der Waals surface area (Å²) < 4.78 is 13.0. The van der Waals surface area contributed by atoms with Crippen LogP contribution >= 0.6 is 0 Å². The van der Waals surface area contributed by atoms with Gasteiger partial charge >= 0.3 is 0 Å². The van der Waals surface area contributed by atoms with Gasteiger partial charge in [0.2, 0.25) is 0 Å². The second-order valence-electron chi connectivity index (χ2n) is 8.00. The Balaban J connectivity index is 1.49. The van der Waals surface area contributed by atoms with Crippen LogP contribution in [0.2, 0.25) is 0 Å². The minimum Gasteiger partial charge on any atom is -0.463 e. The molecule has 2 aromatic heterocycles. The maximum atomic E-state index is 13.1. The highest BCUT2D eigenvalue weighted by Crippen LogP contribution is 2.22. The highest BCUT2D eigenvalue weighted by atomic mass is 16.5. The molecule has 158 valence electrons. The van der Waals surface area contributed by atoms with Crippen LogP contribution in [0.3, 0.4) is 0 Å². The highest BCUT2D eigenvalue weighted by molar-refractivity contribution is 5.94. The Labute approximate surface area is 176 Å². The molecule has 3 heterocycles. The van der Waals surface area contributed by atoms with Gasteiger partial charge in [0.25, 0.3) is 5.91 Å². The van der Waals surface area contributed by atoms with Crippen molar-refractivity contribution in [3.63, 3.8) is 0 Å². The molecule has 0 radical (unpaired) electrons. The van der Waals surface area contributed by atoms with Crippen LogP contribution in [-0.2, 0) is 4.74 Å². The quantitative estimate of drug-likeness (QED) is 0.650. The number of carbonyl (C=O) groups excluding carboxylic acids is 1. The fraction of sp³-hybridized carbons (Fsp3) is 0.391. The van der Waals surface area contributed by atoms with Gasteiger partial charge in [0, 0.05) is 32.2 Å². The number of hydrogen-bond acceptors (Lipinski definition) is 5. The molecule has 0 spiro atoms. The number of rotatable bonds is 7. The van der Waals surface area contributed by atoms with E-state index in [1.54, 1.807) is 23.1 Å². The summed E-state index contributed by atoms with van der Waals surface area (Å²) in [6, 6.07) is 15.0. The molecule has 1 aromatic carbocycles. The molecule has 1 aliphatic heterocycles. The van der Waals surface area contributed by atoms with Crippen LogP contribution in [0.4, 0.5) is 0 Å². The first kappa shape index (κ1) is 20.4. The Kier molecular flexibility index (Phi) is 6.30. The van der Waals surface area contributed by atoms with E-state index in [4.69, 9.17) is 9.15 Å². The molecule has 1 aliphatic rings. The Hall–Kier alpha value is -2.90. The molecule has 1 N–H and O–H groups in total. The molecular formula is C23H28N4O3. The largest absolute Gasteiger partial charge is 0.463 e. The number of nitrogens with zero attached hydrogens (tertiary/aromatic N) is 3. The molecule has 1 atom stereocenters. The van der Waals surface area contributed by atoms with Gasteiger partial charge in [0.05, 0.1) is 24.7 Å². The van der Waals surface area contributed by atoms with Crippen LogP contribution in [-0.4, -0.2) is 59.5 Å². The lowest BCUT2D eigenvalue weighted by atomic mass is 10.2. The lowest BCUT2D eigenvalue weighted by Gasteiger charge is -2.33. The third-order valence-corrected chi connectivity index (χ3v) is 5.05. The molecule has 4 rings (SSSR count). The molecule has 1 saturated heterocycles. The summed E-state index contributed by atoms with van der Waals surface area (Å²) in [5.41, 5.74) is 1.89. The summed E-state index contributed by atoms with van der Waals surface area (Å²) in [7, 11) is 0. The summed E-state index contributed by atoms with van der Waals surface area (Å²) in [6.07, 6.45) is 1.58. The standard InChI is InChI=1S/C23H28N4O3/c1-17(2)15-26-10-12-29-19(16-26)14-24-23(28)21-13-20(22-9-6-11-30-22)25-27(21)18-7-4-3-5-8-18/h3-9,11,13,17,19H,10,12,14-16H2,1-2H3,(H,24,28). The molecule has 7 nitrogen and oxygen atoms in total. The first-order chi connectivity index (χ1) is 14.6. The average Bonchev–Trinajstić information content (AvgIpc) is 3.42. The summed E-state index contributed by atoms with van der Waals surface area (Å²) in [4.78, 5) is 15.4. The highest BCUT2D eigenvalue weighted by Gasteiger charge is 2.23. The molecule has 0 aliphatic carbocycles. The van der Waals surface area contributed by atoms with Gasteiger partial charge in [-0.05, 0) is 30.2 Å². The van der Waals surface area contributed by atoms with Gasteiger partial charge in [-0.3, -0.25) is 9.69 Å². The number of aromatic nitrogens is 2. The van der Waals surface area contributed by atoms with E-state index < -0.39 is 0 Å². The zero-order valence-electron chi connectivity index (χ0n) is 17.5. The summed E-state index contributed by atoms with van der Waals surface area (Å²) in [6.45, 7) is 8.40. The Morgan fingerprint density at radius 1 is 1.23 bits per heavy atom. The number of benzene rings is 1. The fourth-order valence-corrected chi connectivity index (χ4v) is 3.74. The van der Waals surface area contributed by atoms with Crippen molar-refractivity contribution in [1.82, 2.24) is 20.0 Å². The van der Waals surface area contributed by atoms with Gasteiger partial charge in [-0.25, -0.2) is 4.68 Å². The third kappa shape index (κ3) is 4.80. The number of para-hydroxylation sites is 1. The maximum Gasteiger partial charge on any atom is 0.270 e. The summed E-state index contributed by atoms with van der Waals surface area (Å²) >= 11 is 0. The van der Waals surface area contributed by atoms with E-state index >= 15 is 0 Å². The van der Waals surface area contributed by atoms with Gasteiger partial charge in [0.15, 0.2) is 5.76 Å².